The monoisotopic (exact) mass is 266 g/mol. The molecule has 0 radical (unpaired) electrons. The number of nitrogens with zero attached hydrogens (tertiary/aromatic N) is 2. The van der Waals surface area contributed by atoms with Crippen molar-refractivity contribution in [1.82, 2.24) is 9.38 Å². The van der Waals surface area contributed by atoms with Crippen LogP contribution in [-0.4, -0.2) is 15.4 Å². The number of ether oxygens (including phenoxy) is 1. The molecule has 0 aliphatic carbocycles. The van der Waals surface area contributed by atoms with Crippen LogP contribution in [-0.2, 0) is 16.1 Å². The van der Waals surface area contributed by atoms with Gasteiger partial charge in [0.2, 0.25) is 0 Å². The zero-order valence-electron chi connectivity index (χ0n) is 10.1. The number of aromatic nitrogens is 2. The number of hydrogen-bond donors (Lipinski definition) is 0. The Balaban J connectivity index is 2.03. The molecule has 0 N–H and O–H groups in total. The quantitative estimate of drug-likeness (QED) is 0.776. The molecule has 5 nitrogen and oxygen atoms in total. The van der Waals surface area contributed by atoms with Crippen LogP contribution in [0.25, 0.3) is 4.96 Å². The molecule has 0 aliphatic heterocycles. The minimum Gasteiger partial charge on any atom is -0.459 e. The first-order chi connectivity index (χ1) is 8.70. The average Bonchev–Trinajstić information content (AvgIpc) is 2.82. The lowest BCUT2D eigenvalue weighted by atomic mass is 10.2. The molecular weight excluding hydrogens is 252 g/mol. The summed E-state index contributed by atoms with van der Waals surface area (Å²) in [5.41, 5.74) is 0.341. The van der Waals surface area contributed by atoms with Gasteiger partial charge < -0.3 is 4.74 Å². The van der Waals surface area contributed by atoms with Crippen LogP contribution in [0, 0.1) is 0 Å². The molecule has 18 heavy (non-hydrogen) atoms. The van der Waals surface area contributed by atoms with Crippen molar-refractivity contribution in [3.05, 3.63) is 33.7 Å². The molecule has 0 bridgehead atoms. The molecular formula is C12H14N2O3S. The van der Waals surface area contributed by atoms with Gasteiger partial charge in [-0.3, -0.25) is 14.0 Å². The minimum atomic E-state index is -0.245. The molecule has 0 fully saturated rings. The first kappa shape index (κ1) is 12.8. The van der Waals surface area contributed by atoms with Gasteiger partial charge in [0.15, 0.2) is 4.96 Å². The summed E-state index contributed by atoms with van der Waals surface area (Å²) in [4.78, 5) is 27.9. The van der Waals surface area contributed by atoms with Crippen molar-refractivity contribution in [3.63, 3.8) is 0 Å². The first-order valence-corrected chi connectivity index (χ1v) is 6.70. The van der Waals surface area contributed by atoms with E-state index in [1.54, 1.807) is 11.6 Å². The van der Waals surface area contributed by atoms with Gasteiger partial charge in [0, 0.05) is 24.1 Å². The summed E-state index contributed by atoms with van der Waals surface area (Å²) in [7, 11) is 0. The molecule has 96 valence electrons. The lowest BCUT2D eigenvalue weighted by Gasteiger charge is -2.03. The lowest BCUT2D eigenvalue weighted by molar-refractivity contribution is -0.145. The molecule has 6 heteroatoms. The van der Waals surface area contributed by atoms with E-state index < -0.39 is 0 Å². The second-order valence-electron chi connectivity index (χ2n) is 3.91. The lowest BCUT2D eigenvalue weighted by Crippen LogP contribution is -2.14. The Hall–Kier alpha value is -1.69. The molecule has 2 rings (SSSR count). The fourth-order valence-corrected chi connectivity index (χ4v) is 2.25. The summed E-state index contributed by atoms with van der Waals surface area (Å²) in [6, 6.07) is 1.40. The molecule has 0 unspecified atom stereocenters. The Morgan fingerprint density at radius 2 is 2.39 bits per heavy atom. The zero-order chi connectivity index (χ0) is 13.0. The third-order valence-electron chi connectivity index (χ3n) is 2.47. The van der Waals surface area contributed by atoms with Crippen molar-refractivity contribution in [2.45, 2.75) is 32.8 Å². The maximum absolute atomic E-state index is 11.7. The Morgan fingerprint density at radius 1 is 1.56 bits per heavy atom. The Kier molecular flexibility index (Phi) is 4.09. The smallest absolute Gasteiger partial charge is 0.306 e. The number of rotatable bonds is 5. The summed E-state index contributed by atoms with van der Waals surface area (Å²) in [5.74, 6) is -0.245. The highest BCUT2D eigenvalue weighted by atomic mass is 32.1. The van der Waals surface area contributed by atoms with Crippen LogP contribution in [0.4, 0.5) is 0 Å². The maximum Gasteiger partial charge on any atom is 0.306 e. The predicted molar refractivity (Wildman–Crippen MR) is 68.7 cm³/mol. The van der Waals surface area contributed by atoms with Gasteiger partial charge in [-0.05, 0) is 6.42 Å². The van der Waals surface area contributed by atoms with Gasteiger partial charge in [0.1, 0.15) is 6.61 Å². The molecule has 2 aromatic heterocycles. The second-order valence-corrected chi connectivity index (χ2v) is 4.78. The van der Waals surface area contributed by atoms with E-state index >= 15 is 0 Å². The topological polar surface area (TPSA) is 60.7 Å². The van der Waals surface area contributed by atoms with Gasteiger partial charge in [-0.1, -0.05) is 13.3 Å². The fourth-order valence-electron chi connectivity index (χ4n) is 1.51. The summed E-state index contributed by atoms with van der Waals surface area (Å²) >= 11 is 1.38. The molecule has 2 heterocycles. The maximum atomic E-state index is 11.7. The number of carbonyl (C=O) groups is 1. The highest BCUT2D eigenvalue weighted by Crippen LogP contribution is 2.07. The number of carbonyl (C=O) groups excluding carboxylic acids is 1. The summed E-state index contributed by atoms with van der Waals surface area (Å²) in [5, 5.41) is 1.79. The molecule has 0 atom stereocenters. The van der Waals surface area contributed by atoms with Gasteiger partial charge >= 0.3 is 5.97 Å². The van der Waals surface area contributed by atoms with Crippen LogP contribution >= 0.6 is 11.3 Å². The van der Waals surface area contributed by atoms with Crippen LogP contribution in [0.2, 0.25) is 0 Å². The molecule has 0 aromatic carbocycles. The number of esters is 1. The zero-order valence-corrected chi connectivity index (χ0v) is 10.9. The van der Waals surface area contributed by atoms with Crippen LogP contribution < -0.4 is 5.56 Å². The average molecular weight is 266 g/mol. The van der Waals surface area contributed by atoms with Gasteiger partial charge in [-0.15, -0.1) is 11.3 Å². The van der Waals surface area contributed by atoms with Gasteiger partial charge in [-0.25, -0.2) is 4.98 Å². The molecule has 2 aromatic rings. The third-order valence-corrected chi connectivity index (χ3v) is 3.23. The van der Waals surface area contributed by atoms with Crippen molar-refractivity contribution in [3.8, 4) is 0 Å². The second kappa shape index (κ2) is 5.77. The van der Waals surface area contributed by atoms with Crippen LogP contribution in [0.15, 0.2) is 22.4 Å². The van der Waals surface area contributed by atoms with E-state index in [4.69, 9.17) is 4.74 Å². The summed E-state index contributed by atoms with van der Waals surface area (Å²) < 4.78 is 6.53. The first-order valence-electron chi connectivity index (χ1n) is 5.82. The van der Waals surface area contributed by atoms with E-state index in [-0.39, 0.29) is 18.1 Å². The van der Waals surface area contributed by atoms with E-state index in [0.29, 0.717) is 17.1 Å². The van der Waals surface area contributed by atoms with Crippen molar-refractivity contribution < 1.29 is 9.53 Å². The Bertz CT molecular complexity index is 603. The standard InChI is InChI=1S/C12H14N2O3S/c1-2-3-4-11(16)17-8-9-7-10(15)14-5-6-18-12(14)13-9/h5-7H,2-4,8H2,1H3. The van der Waals surface area contributed by atoms with E-state index in [1.165, 1.54) is 21.8 Å². The third kappa shape index (κ3) is 2.95. The number of unbranched alkanes of at least 4 members (excludes halogenated alkanes) is 1. The SMILES string of the molecule is CCCCC(=O)OCc1cc(=O)n2ccsc2n1. The normalized spacial score (nSPS) is 10.7. The van der Waals surface area contributed by atoms with E-state index in [1.807, 2.05) is 6.92 Å². The summed E-state index contributed by atoms with van der Waals surface area (Å²) in [6.45, 7) is 2.08. The molecule has 0 aliphatic rings. The number of fused-ring (bicyclic) bond motifs is 1. The Labute approximate surface area is 108 Å². The molecule has 0 spiro atoms. The van der Waals surface area contributed by atoms with Crippen molar-refractivity contribution in [2.24, 2.45) is 0 Å². The highest BCUT2D eigenvalue weighted by molar-refractivity contribution is 7.15. The van der Waals surface area contributed by atoms with Crippen molar-refractivity contribution in [2.75, 3.05) is 0 Å². The van der Waals surface area contributed by atoms with E-state index in [0.717, 1.165) is 12.8 Å². The molecule has 0 amide bonds. The van der Waals surface area contributed by atoms with Crippen LogP contribution in [0.1, 0.15) is 31.9 Å². The van der Waals surface area contributed by atoms with Crippen LogP contribution in [0.5, 0.6) is 0 Å². The van der Waals surface area contributed by atoms with Gasteiger partial charge in [0.25, 0.3) is 5.56 Å². The highest BCUT2D eigenvalue weighted by Gasteiger charge is 2.06. The fraction of sp³-hybridized carbons (Fsp3) is 0.417. The van der Waals surface area contributed by atoms with Crippen molar-refractivity contribution in [1.29, 1.82) is 0 Å². The predicted octanol–water partition coefficient (Wildman–Crippen LogP) is 1.99. The minimum absolute atomic E-state index is 0.0617. The van der Waals surface area contributed by atoms with E-state index in [9.17, 15) is 9.59 Å². The molecule has 0 saturated heterocycles. The number of thiazole rings is 1. The number of hydrogen-bond acceptors (Lipinski definition) is 5. The largest absolute Gasteiger partial charge is 0.459 e. The van der Waals surface area contributed by atoms with Gasteiger partial charge in [0.05, 0.1) is 5.69 Å². The molecule has 0 saturated carbocycles. The Morgan fingerprint density at radius 3 is 3.17 bits per heavy atom. The van der Waals surface area contributed by atoms with Gasteiger partial charge in [-0.2, -0.15) is 0 Å². The van der Waals surface area contributed by atoms with Crippen molar-refractivity contribution >= 4 is 22.3 Å². The van der Waals surface area contributed by atoms with Crippen LogP contribution in [0.3, 0.4) is 0 Å². The van der Waals surface area contributed by atoms with E-state index in [2.05, 4.69) is 4.98 Å². The summed E-state index contributed by atoms with van der Waals surface area (Å²) in [6.07, 6.45) is 3.86.